The van der Waals surface area contributed by atoms with Crippen molar-refractivity contribution in [1.29, 1.82) is 0 Å². The van der Waals surface area contributed by atoms with Crippen LogP contribution in [0.25, 0.3) is 0 Å². The lowest BCUT2D eigenvalue weighted by molar-refractivity contribution is 0.515. The molecule has 0 radical (unpaired) electrons. The molecule has 0 aromatic carbocycles. The molecule has 1 heteroatoms. The normalized spacial score (nSPS) is 14.9. The van der Waals surface area contributed by atoms with E-state index in [2.05, 4.69) is 27.0 Å². The average molecular weight is 195 g/mol. The first-order chi connectivity index (χ1) is 6.49. The number of hydrogen-bond donors (Lipinski definition) is 1. The van der Waals surface area contributed by atoms with Crippen molar-refractivity contribution >= 4 is 0 Å². The van der Waals surface area contributed by atoms with Crippen LogP contribution in [-0.2, 0) is 0 Å². The zero-order valence-corrected chi connectivity index (χ0v) is 9.97. The summed E-state index contributed by atoms with van der Waals surface area (Å²) in [5.74, 6) is 0.577. The van der Waals surface area contributed by atoms with Crippen LogP contribution < -0.4 is 5.73 Å². The summed E-state index contributed by atoms with van der Waals surface area (Å²) in [6.45, 7) is 14.4. The predicted octanol–water partition coefficient (Wildman–Crippen LogP) is 3.66. The summed E-state index contributed by atoms with van der Waals surface area (Å²) in [5, 5.41) is 0. The highest BCUT2D eigenvalue weighted by Gasteiger charge is 2.12. The lowest BCUT2D eigenvalue weighted by atomic mass is 9.88. The standard InChI is InChI=1S/C13H25N/c1-6-7-8-13(10(2)3)9-11(4)12(5)14/h12-13H,2,4,6-9,14H2,1,3,5H3. The number of nitrogens with two attached hydrogens (primary N) is 1. The molecule has 0 saturated heterocycles. The third kappa shape index (κ3) is 5.23. The average Bonchev–Trinajstić information content (AvgIpc) is 2.10. The fourth-order valence-corrected chi connectivity index (χ4v) is 1.48. The van der Waals surface area contributed by atoms with Gasteiger partial charge < -0.3 is 5.73 Å². The Labute approximate surface area is 89.1 Å². The molecule has 2 atom stereocenters. The van der Waals surface area contributed by atoms with Gasteiger partial charge in [0.25, 0.3) is 0 Å². The maximum Gasteiger partial charge on any atom is 0.0222 e. The SMILES string of the molecule is C=C(CC(CCCC)C(=C)C)C(C)N. The summed E-state index contributed by atoms with van der Waals surface area (Å²) in [7, 11) is 0. The maximum absolute atomic E-state index is 5.78. The van der Waals surface area contributed by atoms with E-state index in [0.717, 1.165) is 12.0 Å². The van der Waals surface area contributed by atoms with Gasteiger partial charge >= 0.3 is 0 Å². The molecule has 2 unspecified atom stereocenters. The number of unbranched alkanes of at least 4 members (excludes halogenated alkanes) is 1. The van der Waals surface area contributed by atoms with Crippen LogP contribution in [0.15, 0.2) is 24.3 Å². The zero-order chi connectivity index (χ0) is 11.1. The third-order valence-electron chi connectivity index (χ3n) is 2.76. The van der Waals surface area contributed by atoms with Gasteiger partial charge in [-0.1, -0.05) is 44.1 Å². The van der Waals surface area contributed by atoms with Gasteiger partial charge in [-0.2, -0.15) is 0 Å². The molecule has 0 amide bonds. The van der Waals surface area contributed by atoms with Crippen molar-refractivity contribution in [2.24, 2.45) is 11.7 Å². The molecule has 0 fully saturated rings. The van der Waals surface area contributed by atoms with Gasteiger partial charge in [0.15, 0.2) is 0 Å². The molecule has 0 saturated carbocycles. The van der Waals surface area contributed by atoms with Gasteiger partial charge in [-0.3, -0.25) is 0 Å². The highest BCUT2D eigenvalue weighted by molar-refractivity contribution is 5.09. The van der Waals surface area contributed by atoms with Gasteiger partial charge in [0.1, 0.15) is 0 Å². The van der Waals surface area contributed by atoms with Crippen LogP contribution in [0.1, 0.15) is 46.5 Å². The van der Waals surface area contributed by atoms with Gasteiger partial charge in [0.2, 0.25) is 0 Å². The largest absolute Gasteiger partial charge is 0.324 e. The minimum Gasteiger partial charge on any atom is -0.324 e. The van der Waals surface area contributed by atoms with E-state index in [-0.39, 0.29) is 6.04 Å². The van der Waals surface area contributed by atoms with Crippen LogP contribution in [0.2, 0.25) is 0 Å². The van der Waals surface area contributed by atoms with Crippen LogP contribution in [0.4, 0.5) is 0 Å². The van der Waals surface area contributed by atoms with Crippen LogP contribution >= 0.6 is 0 Å². The fourth-order valence-electron chi connectivity index (χ4n) is 1.48. The molecule has 0 aliphatic carbocycles. The zero-order valence-electron chi connectivity index (χ0n) is 9.97. The molecule has 0 heterocycles. The van der Waals surface area contributed by atoms with E-state index in [0.29, 0.717) is 5.92 Å². The predicted molar refractivity (Wildman–Crippen MR) is 65.2 cm³/mol. The molecule has 2 N–H and O–H groups in total. The van der Waals surface area contributed by atoms with Crippen LogP contribution in [0.5, 0.6) is 0 Å². The molecular weight excluding hydrogens is 170 g/mol. The second-order valence-corrected chi connectivity index (χ2v) is 4.34. The van der Waals surface area contributed by atoms with E-state index in [1.54, 1.807) is 0 Å². The minimum absolute atomic E-state index is 0.110. The number of rotatable bonds is 7. The van der Waals surface area contributed by atoms with E-state index >= 15 is 0 Å². The summed E-state index contributed by atoms with van der Waals surface area (Å²) in [5.41, 5.74) is 8.20. The molecule has 14 heavy (non-hydrogen) atoms. The van der Waals surface area contributed by atoms with Gasteiger partial charge in [-0.25, -0.2) is 0 Å². The Bertz CT molecular complexity index is 191. The van der Waals surface area contributed by atoms with E-state index in [4.69, 9.17) is 5.73 Å². The molecule has 0 aliphatic rings. The summed E-state index contributed by atoms with van der Waals surface area (Å²) in [6, 6.07) is 0.110. The van der Waals surface area contributed by atoms with Gasteiger partial charge in [0.05, 0.1) is 0 Å². The second-order valence-electron chi connectivity index (χ2n) is 4.34. The Kier molecular flexibility index (Phi) is 6.56. The molecule has 1 nitrogen and oxygen atoms in total. The molecule has 0 aromatic rings. The quantitative estimate of drug-likeness (QED) is 0.616. The maximum atomic E-state index is 5.78. The van der Waals surface area contributed by atoms with Crippen molar-refractivity contribution in [3.05, 3.63) is 24.3 Å². The molecule has 0 aliphatic heterocycles. The van der Waals surface area contributed by atoms with E-state index in [1.165, 1.54) is 24.8 Å². The van der Waals surface area contributed by atoms with Crippen molar-refractivity contribution in [2.75, 3.05) is 0 Å². The van der Waals surface area contributed by atoms with Crippen LogP contribution in [0, 0.1) is 5.92 Å². The number of allylic oxidation sites excluding steroid dienone is 1. The molecule has 0 bridgehead atoms. The summed E-state index contributed by atoms with van der Waals surface area (Å²) >= 11 is 0. The highest BCUT2D eigenvalue weighted by atomic mass is 14.6. The Balaban J connectivity index is 4.09. The van der Waals surface area contributed by atoms with Crippen molar-refractivity contribution in [3.63, 3.8) is 0 Å². The second kappa shape index (κ2) is 6.83. The lowest BCUT2D eigenvalue weighted by Gasteiger charge is -2.19. The van der Waals surface area contributed by atoms with E-state index < -0.39 is 0 Å². The topological polar surface area (TPSA) is 26.0 Å². The first-order valence-corrected chi connectivity index (χ1v) is 5.57. The Morgan fingerprint density at radius 1 is 1.36 bits per heavy atom. The minimum atomic E-state index is 0.110. The monoisotopic (exact) mass is 195 g/mol. The van der Waals surface area contributed by atoms with Crippen molar-refractivity contribution < 1.29 is 0 Å². The first kappa shape index (κ1) is 13.4. The van der Waals surface area contributed by atoms with E-state index in [9.17, 15) is 0 Å². The Morgan fingerprint density at radius 3 is 2.29 bits per heavy atom. The summed E-state index contributed by atoms with van der Waals surface area (Å²) in [6.07, 6.45) is 4.74. The molecule has 0 aromatic heterocycles. The molecular formula is C13H25N. The van der Waals surface area contributed by atoms with Crippen molar-refractivity contribution in [3.8, 4) is 0 Å². The molecule has 82 valence electrons. The van der Waals surface area contributed by atoms with Gasteiger partial charge in [-0.15, -0.1) is 0 Å². The fraction of sp³-hybridized carbons (Fsp3) is 0.692. The first-order valence-electron chi connectivity index (χ1n) is 5.57. The van der Waals surface area contributed by atoms with Crippen molar-refractivity contribution in [1.82, 2.24) is 0 Å². The van der Waals surface area contributed by atoms with Gasteiger partial charge in [-0.05, 0) is 32.6 Å². The number of hydrogen-bond acceptors (Lipinski definition) is 1. The summed E-state index contributed by atoms with van der Waals surface area (Å²) in [4.78, 5) is 0. The highest BCUT2D eigenvalue weighted by Crippen LogP contribution is 2.24. The van der Waals surface area contributed by atoms with Crippen LogP contribution in [0.3, 0.4) is 0 Å². The van der Waals surface area contributed by atoms with Crippen molar-refractivity contribution in [2.45, 2.75) is 52.5 Å². The molecule has 0 spiro atoms. The van der Waals surface area contributed by atoms with Crippen LogP contribution in [-0.4, -0.2) is 6.04 Å². The Morgan fingerprint density at radius 2 is 1.93 bits per heavy atom. The lowest BCUT2D eigenvalue weighted by Crippen LogP contribution is -2.19. The Hall–Kier alpha value is -0.560. The molecule has 0 rings (SSSR count). The smallest absolute Gasteiger partial charge is 0.0222 e. The summed E-state index contributed by atoms with van der Waals surface area (Å²) < 4.78 is 0. The third-order valence-corrected chi connectivity index (χ3v) is 2.76. The van der Waals surface area contributed by atoms with E-state index in [1.807, 2.05) is 6.92 Å². The van der Waals surface area contributed by atoms with Gasteiger partial charge in [0, 0.05) is 6.04 Å².